The third-order valence-corrected chi connectivity index (χ3v) is 4.87. The molecule has 1 aromatic carbocycles. The van der Waals surface area contributed by atoms with Crippen molar-refractivity contribution in [1.29, 1.82) is 0 Å². The number of rotatable bonds is 4. The van der Waals surface area contributed by atoms with Gasteiger partial charge in [-0.2, -0.15) is 0 Å². The van der Waals surface area contributed by atoms with E-state index in [4.69, 9.17) is 0 Å². The molecule has 1 amide bonds. The number of benzene rings is 1. The Balaban J connectivity index is 1.41. The van der Waals surface area contributed by atoms with Gasteiger partial charge in [0.05, 0.1) is 10.9 Å². The number of anilines is 1. The van der Waals surface area contributed by atoms with Crippen LogP contribution in [-0.2, 0) is 0 Å². The van der Waals surface area contributed by atoms with Crippen LogP contribution in [0.2, 0.25) is 0 Å². The largest absolute Gasteiger partial charge is 0.356 e. The number of amides is 1. The highest BCUT2D eigenvalue weighted by atomic mass is 16.2. The molecule has 0 radical (unpaired) electrons. The molecule has 1 aliphatic rings. The van der Waals surface area contributed by atoms with E-state index in [9.17, 15) is 9.59 Å². The number of fused-ring (bicyclic) bond motifs is 1. The van der Waals surface area contributed by atoms with Gasteiger partial charge in [0.25, 0.3) is 11.5 Å². The number of hydrogen-bond acceptors (Lipinski definition) is 5. The molecule has 2 aromatic heterocycles. The van der Waals surface area contributed by atoms with Crippen LogP contribution in [-0.4, -0.2) is 40.5 Å². The molecule has 3 aromatic rings. The highest BCUT2D eigenvalue weighted by Crippen LogP contribution is 2.20. The molecule has 0 saturated carbocycles. The summed E-state index contributed by atoms with van der Waals surface area (Å²) in [5.74, 6) is 0.995. The first-order valence-electron chi connectivity index (χ1n) is 9.14. The number of aromatic nitrogens is 3. The van der Waals surface area contributed by atoms with Crippen LogP contribution >= 0.6 is 0 Å². The summed E-state index contributed by atoms with van der Waals surface area (Å²) < 4.78 is 0. The van der Waals surface area contributed by atoms with Gasteiger partial charge in [-0.1, -0.05) is 18.2 Å². The van der Waals surface area contributed by atoms with Crippen LogP contribution in [0.4, 0.5) is 5.82 Å². The summed E-state index contributed by atoms with van der Waals surface area (Å²) >= 11 is 0. The van der Waals surface area contributed by atoms with Crippen LogP contribution in [0.15, 0.2) is 53.5 Å². The van der Waals surface area contributed by atoms with Crippen LogP contribution < -0.4 is 15.8 Å². The molecule has 138 valence electrons. The van der Waals surface area contributed by atoms with Crippen molar-refractivity contribution in [2.75, 3.05) is 24.5 Å². The second kappa shape index (κ2) is 7.57. The summed E-state index contributed by atoms with van der Waals surface area (Å²) in [6, 6.07) is 12.9. The maximum absolute atomic E-state index is 12.5. The summed E-state index contributed by atoms with van der Waals surface area (Å²) in [6.07, 6.45) is 3.90. The summed E-state index contributed by atoms with van der Waals surface area (Å²) in [5, 5.41) is 3.39. The Bertz CT molecular complexity index is 1000. The predicted octanol–water partition coefficient (Wildman–Crippen LogP) is 1.96. The van der Waals surface area contributed by atoms with E-state index in [0.29, 0.717) is 23.4 Å². The minimum Gasteiger partial charge on any atom is -0.356 e. The molecule has 27 heavy (non-hydrogen) atoms. The molecule has 1 unspecified atom stereocenters. The number of nitrogens with one attached hydrogen (secondary N) is 2. The van der Waals surface area contributed by atoms with Crippen molar-refractivity contribution in [2.24, 2.45) is 5.92 Å². The maximum Gasteiger partial charge on any atom is 0.287 e. The van der Waals surface area contributed by atoms with E-state index >= 15 is 0 Å². The molecule has 1 atom stereocenters. The molecule has 0 aliphatic carbocycles. The van der Waals surface area contributed by atoms with E-state index in [2.05, 4.69) is 25.2 Å². The fourth-order valence-corrected chi connectivity index (χ4v) is 3.50. The van der Waals surface area contributed by atoms with E-state index in [-0.39, 0.29) is 17.3 Å². The molecule has 4 rings (SSSR count). The topological polar surface area (TPSA) is 91.0 Å². The summed E-state index contributed by atoms with van der Waals surface area (Å²) in [6.45, 7) is 2.36. The quantitative estimate of drug-likeness (QED) is 0.739. The van der Waals surface area contributed by atoms with Crippen LogP contribution in [0.1, 0.15) is 23.5 Å². The van der Waals surface area contributed by atoms with Gasteiger partial charge in [0.15, 0.2) is 5.82 Å². The Morgan fingerprint density at radius 3 is 2.93 bits per heavy atom. The highest BCUT2D eigenvalue weighted by Gasteiger charge is 2.22. The number of carbonyl (C=O) groups is 1. The third-order valence-electron chi connectivity index (χ3n) is 4.87. The van der Waals surface area contributed by atoms with Crippen molar-refractivity contribution >= 4 is 22.6 Å². The number of carbonyl (C=O) groups excluding carboxylic acids is 1. The van der Waals surface area contributed by atoms with E-state index in [1.807, 2.05) is 18.2 Å². The lowest BCUT2D eigenvalue weighted by Gasteiger charge is -2.33. The number of hydrogen-bond donors (Lipinski definition) is 2. The Hall–Kier alpha value is -3.22. The van der Waals surface area contributed by atoms with Crippen molar-refractivity contribution in [3.63, 3.8) is 0 Å². The standard InChI is InChI=1S/C20H21N5O2/c26-19-15-7-1-2-8-16(15)23-18(24-19)20(27)22-12-14-6-5-11-25(13-14)17-9-3-4-10-21-17/h1-4,7-10,14H,5-6,11-13H2,(H,22,27)(H,23,24,26). The van der Waals surface area contributed by atoms with Gasteiger partial charge in [0, 0.05) is 25.8 Å². The Labute approximate surface area is 156 Å². The van der Waals surface area contributed by atoms with Crippen molar-refractivity contribution in [3.8, 4) is 0 Å². The summed E-state index contributed by atoms with van der Waals surface area (Å²) in [7, 11) is 0. The minimum absolute atomic E-state index is 0.0519. The molecule has 0 bridgehead atoms. The second-order valence-electron chi connectivity index (χ2n) is 6.78. The molecule has 7 nitrogen and oxygen atoms in total. The van der Waals surface area contributed by atoms with Crippen molar-refractivity contribution in [2.45, 2.75) is 12.8 Å². The smallest absolute Gasteiger partial charge is 0.287 e. The number of para-hydroxylation sites is 1. The molecular formula is C20H21N5O2. The number of H-pyrrole nitrogens is 1. The molecule has 1 fully saturated rings. The molecule has 0 spiro atoms. The Morgan fingerprint density at radius 2 is 2.07 bits per heavy atom. The maximum atomic E-state index is 12.5. The van der Waals surface area contributed by atoms with Gasteiger partial charge in [-0.05, 0) is 43.0 Å². The van der Waals surface area contributed by atoms with Crippen molar-refractivity contribution in [1.82, 2.24) is 20.3 Å². The predicted molar refractivity (Wildman–Crippen MR) is 104 cm³/mol. The van der Waals surface area contributed by atoms with E-state index < -0.39 is 0 Å². The van der Waals surface area contributed by atoms with Gasteiger partial charge in [-0.25, -0.2) is 9.97 Å². The second-order valence-corrected chi connectivity index (χ2v) is 6.78. The van der Waals surface area contributed by atoms with Gasteiger partial charge < -0.3 is 15.2 Å². The van der Waals surface area contributed by atoms with E-state index in [1.165, 1.54) is 0 Å². The molecular weight excluding hydrogens is 342 g/mol. The van der Waals surface area contributed by atoms with Crippen LogP contribution in [0.5, 0.6) is 0 Å². The van der Waals surface area contributed by atoms with Gasteiger partial charge in [0.2, 0.25) is 0 Å². The molecule has 7 heteroatoms. The van der Waals surface area contributed by atoms with Crippen molar-refractivity contribution in [3.05, 3.63) is 64.8 Å². The average Bonchev–Trinajstić information content (AvgIpc) is 2.73. The number of aromatic amines is 1. The first-order valence-corrected chi connectivity index (χ1v) is 9.14. The van der Waals surface area contributed by atoms with Crippen molar-refractivity contribution < 1.29 is 4.79 Å². The first kappa shape index (κ1) is 17.2. The van der Waals surface area contributed by atoms with Crippen LogP contribution in [0.3, 0.4) is 0 Å². The van der Waals surface area contributed by atoms with E-state index in [1.54, 1.807) is 30.5 Å². The Morgan fingerprint density at radius 1 is 1.22 bits per heavy atom. The third kappa shape index (κ3) is 3.81. The molecule has 2 N–H and O–H groups in total. The van der Waals surface area contributed by atoms with Gasteiger partial charge in [-0.3, -0.25) is 9.59 Å². The summed E-state index contributed by atoms with van der Waals surface area (Å²) in [5.41, 5.74) is 0.218. The minimum atomic E-state index is -0.354. The lowest BCUT2D eigenvalue weighted by atomic mass is 9.98. The zero-order chi connectivity index (χ0) is 18.6. The zero-order valence-corrected chi connectivity index (χ0v) is 14.9. The zero-order valence-electron chi connectivity index (χ0n) is 14.9. The number of piperidine rings is 1. The van der Waals surface area contributed by atoms with Gasteiger partial charge >= 0.3 is 0 Å². The van der Waals surface area contributed by atoms with Crippen LogP contribution in [0.25, 0.3) is 10.9 Å². The first-order chi connectivity index (χ1) is 13.2. The molecule has 1 aliphatic heterocycles. The summed E-state index contributed by atoms with van der Waals surface area (Å²) in [4.78, 5) is 38.1. The lowest BCUT2D eigenvalue weighted by Crippen LogP contribution is -2.41. The highest BCUT2D eigenvalue weighted by molar-refractivity contribution is 5.92. The number of pyridine rings is 1. The normalized spacial score (nSPS) is 17.0. The lowest BCUT2D eigenvalue weighted by molar-refractivity contribution is 0.0935. The fourth-order valence-electron chi connectivity index (χ4n) is 3.50. The SMILES string of the molecule is O=C(NCC1CCCN(c2ccccn2)C1)c1nc2ccccc2c(=O)[nH]1. The van der Waals surface area contributed by atoms with Crippen LogP contribution in [0, 0.1) is 5.92 Å². The number of nitrogens with zero attached hydrogens (tertiary/aromatic N) is 3. The average molecular weight is 363 g/mol. The van der Waals surface area contributed by atoms with E-state index in [0.717, 1.165) is 31.7 Å². The monoisotopic (exact) mass is 363 g/mol. The fraction of sp³-hybridized carbons (Fsp3) is 0.300. The van der Waals surface area contributed by atoms with Gasteiger partial charge in [-0.15, -0.1) is 0 Å². The molecule has 3 heterocycles. The molecule has 1 saturated heterocycles. The van der Waals surface area contributed by atoms with Gasteiger partial charge in [0.1, 0.15) is 5.82 Å². The Kier molecular flexibility index (Phi) is 4.82.